The van der Waals surface area contributed by atoms with Crippen molar-refractivity contribution in [1.82, 2.24) is 19.4 Å². The topological polar surface area (TPSA) is 123 Å². The number of ether oxygens (including phenoxy) is 2. The Labute approximate surface area is 211 Å². The number of benzene rings is 1. The first-order valence-corrected chi connectivity index (χ1v) is 12.3. The number of rotatable bonds is 6. The van der Waals surface area contributed by atoms with E-state index in [1.54, 1.807) is 47.9 Å². The molecule has 1 aromatic carbocycles. The maximum absolute atomic E-state index is 13.2. The first-order valence-electron chi connectivity index (χ1n) is 11.5. The molecule has 0 spiro atoms. The number of para-hydroxylation sites is 2. The lowest BCUT2D eigenvalue weighted by molar-refractivity contribution is -0.116. The third kappa shape index (κ3) is 5.03. The highest BCUT2D eigenvalue weighted by Crippen LogP contribution is 2.28. The second-order valence-corrected chi connectivity index (χ2v) is 9.14. The minimum absolute atomic E-state index is 0.209. The lowest BCUT2D eigenvalue weighted by Gasteiger charge is -2.33. The molecule has 0 bridgehead atoms. The highest BCUT2D eigenvalue weighted by Gasteiger charge is 2.28. The van der Waals surface area contributed by atoms with E-state index in [1.165, 1.54) is 18.0 Å². The van der Waals surface area contributed by atoms with Crippen LogP contribution in [-0.4, -0.2) is 77.2 Å². The van der Waals surface area contributed by atoms with Crippen molar-refractivity contribution in [2.75, 3.05) is 45.2 Å². The van der Waals surface area contributed by atoms with Crippen molar-refractivity contribution in [3.63, 3.8) is 0 Å². The van der Waals surface area contributed by atoms with E-state index in [1.807, 2.05) is 0 Å². The number of carbonyl (C=O) groups is 3. The van der Waals surface area contributed by atoms with Crippen molar-refractivity contribution in [3.05, 3.63) is 51.4 Å². The monoisotopic (exact) mass is 513 g/mol. The molecule has 11 nitrogen and oxygen atoms in total. The molecule has 0 saturated carbocycles. The van der Waals surface area contributed by atoms with Gasteiger partial charge in [-0.3, -0.25) is 19.0 Å². The summed E-state index contributed by atoms with van der Waals surface area (Å²) in [4.78, 5) is 59.4. The number of fused-ring (bicyclic) bond motifs is 1. The number of carbonyl (C=O) groups excluding carboxylic acids is 3. The molecule has 12 heteroatoms. The van der Waals surface area contributed by atoms with Crippen LogP contribution in [0.15, 0.2) is 35.4 Å². The summed E-state index contributed by atoms with van der Waals surface area (Å²) >= 11 is 1.15. The van der Waals surface area contributed by atoms with E-state index in [2.05, 4.69) is 10.3 Å². The molecule has 1 N–H and O–H groups in total. The number of nitrogens with one attached hydrogen (secondary N) is 1. The Bertz CT molecular complexity index is 1360. The molecule has 1 fully saturated rings. The van der Waals surface area contributed by atoms with Gasteiger partial charge in [0.15, 0.2) is 0 Å². The predicted molar refractivity (Wildman–Crippen MR) is 135 cm³/mol. The molecule has 36 heavy (non-hydrogen) atoms. The van der Waals surface area contributed by atoms with Gasteiger partial charge in [0, 0.05) is 26.2 Å². The maximum Gasteiger partial charge on any atom is 0.409 e. The second-order valence-electron chi connectivity index (χ2n) is 8.14. The Morgan fingerprint density at radius 3 is 2.50 bits per heavy atom. The lowest BCUT2D eigenvalue weighted by Crippen LogP contribution is -2.50. The average Bonchev–Trinajstić information content (AvgIpc) is 3.22. The van der Waals surface area contributed by atoms with E-state index in [9.17, 15) is 19.2 Å². The predicted octanol–water partition coefficient (Wildman–Crippen LogP) is 2.33. The van der Waals surface area contributed by atoms with Gasteiger partial charge in [0.25, 0.3) is 11.5 Å². The minimum atomic E-state index is -0.411. The first kappa shape index (κ1) is 25.2. The highest BCUT2D eigenvalue weighted by molar-refractivity contribution is 7.20. The van der Waals surface area contributed by atoms with Gasteiger partial charge in [-0.25, -0.2) is 9.78 Å². The van der Waals surface area contributed by atoms with Crippen LogP contribution in [0.25, 0.3) is 10.2 Å². The van der Waals surface area contributed by atoms with Crippen LogP contribution in [-0.2, 0) is 16.1 Å². The maximum atomic E-state index is 13.2. The van der Waals surface area contributed by atoms with Crippen LogP contribution in [0, 0.1) is 6.92 Å². The number of hydrogen-bond donors (Lipinski definition) is 1. The zero-order valence-corrected chi connectivity index (χ0v) is 21.1. The molecule has 0 atom stereocenters. The summed E-state index contributed by atoms with van der Waals surface area (Å²) in [6.45, 7) is 5.00. The van der Waals surface area contributed by atoms with Gasteiger partial charge in [-0.2, -0.15) is 0 Å². The van der Waals surface area contributed by atoms with Crippen molar-refractivity contribution in [3.8, 4) is 5.75 Å². The van der Waals surface area contributed by atoms with Crippen LogP contribution < -0.4 is 15.6 Å². The molecule has 0 aliphatic carbocycles. The van der Waals surface area contributed by atoms with Crippen LogP contribution in [0.1, 0.15) is 22.2 Å². The van der Waals surface area contributed by atoms with Crippen molar-refractivity contribution >= 4 is 45.1 Å². The normalized spacial score (nSPS) is 13.5. The van der Waals surface area contributed by atoms with E-state index in [0.717, 1.165) is 11.3 Å². The third-order valence-corrected chi connectivity index (χ3v) is 7.09. The number of nitrogens with zero attached hydrogens (tertiary/aromatic N) is 4. The van der Waals surface area contributed by atoms with Crippen molar-refractivity contribution < 1.29 is 23.9 Å². The summed E-state index contributed by atoms with van der Waals surface area (Å²) in [5.41, 5.74) is 0.634. The highest BCUT2D eigenvalue weighted by atomic mass is 32.1. The Morgan fingerprint density at radius 2 is 1.81 bits per heavy atom. The standard InChI is InChI=1S/C24H27N5O6S/c1-4-35-24(33)28-11-9-27(10-12-28)23(32)20-15(2)19-21(36-20)25-14-29(22(19)31)13-18(30)26-16-7-5-6-8-17(16)34-3/h5-8,14H,4,9-13H2,1-3H3,(H,26,30). The van der Waals surface area contributed by atoms with Gasteiger partial charge in [-0.1, -0.05) is 12.1 Å². The molecular formula is C24H27N5O6S. The second kappa shape index (κ2) is 10.8. The largest absolute Gasteiger partial charge is 0.495 e. The van der Waals surface area contributed by atoms with Gasteiger partial charge in [0.2, 0.25) is 5.91 Å². The molecule has 2 aromatic heterocycles. The molecule has 1 aliphatic heterocycles. The molecule has 1 aliphatic rings. The fraction of sp³-hybridized carbons (Fsp3) is 0.375. The lowest BCUT2D eigenvalue weighted by atomic mass is 10.2. The summed E-state index contributed by atoms with van der Waals surface area (Å²) in [7, 11) is 1.51. The fourth-order valence-corrected chi connectivity index (χ4v) is 5.13. The summed E-state index contributed by atoms with van der Waals surface area (Å²) < 4.78 is 11.5. The summed E-state index contributed by atoms with van der Waals surface area (Å²) in [5.74, 6) is -0.114. The molecule has 3 amide bonds. The summed E-state index contributed by atoms with van der Waals surface area (Å²) in [6, 6.07) is 6.98. The number of amides is 3. The smallest absolute Gasteiger partial charge is 0.409 e. The SMILES string of the molecule is CCOC(=O)N1CCN(C(=O)c2sc3ncn(CC(=O)Nc4ccccc4OC)c(=O)c3c2C)CC1. The van der Waals surface area contributed by atoms with Crippen molar-refractivity contribution in [2.24, 2.45) is 0 Å². The Hall–Kier alpha value is -3.93. The van der Waals surface area contributed by atoms with Gasteiger partial charge >= 0.3 is 6.09 Å². The Morgan fingerprint density at radius 1 is 1.11 bits per heavy atom. The van der Waals surface area contributed by atoms with Crippen molar-refractivity contribution in [2.45, 2.75) is 20.4 Å². The van der Waals surface area contributed by atoms with E-state index in [-0.39, 0.29) is 18.5 Å². The number of hydrogen-bond acceptors (Lipinski definition) is 8. The van der Waals surface area contributed by atoms with Gasteiger partial charge < -0.3 is 24.6 Å². The number of methoxy groups -OCH3 is 1. The number of anilines is 1. The summed E-state index contributed by atoms with van der Waals surface area (Å²) in [6.07, 6.45) is 0.927. The van der Waals surface area contributed by atoms with Crippen LogP contribution in [0.5, 0.6) is 5.75 Å². The average molecular weight is 514 g/mol. The van der Waals surface area contributed by atoms with E-state index in [0.29, 0.717) is 64.9 Å². The van der Waals surface area contributed by atoms with Gasteiger partial charge in [-0.05, 0) is 31.5 Å². The van der Waals surface area contributed by atoms with Gasteiger partial charge in [0.05, 0.1) is 36.0 Å². The Balaban J connectivity index is 1.50. The van der Waals surface area contributed by atoms with E-state index < -0.39 is 11.5 Å². The molecule has 1 saturated heterocycles. The van der Waals surface area contributed by atoms with E-state index in [4.69, 9.17) is 9.47 Å². The van der Waals surface area contributed by atoms with Gasteiger partial charge in [-0.15, -0.1) is 11.3 Å². The zero-order valence-electron chi connectivity index (χ0n) is 20.3. The van der Waals surface area contributed by atoms with Crippen LogP contribution in [0.3, 0.4) is 0 Å². The van der Waals surface area contributed by atoms with Crippen LogP contribution >= 0.6 is 11.3 Å². The molecule has 0 radical (unpaired) electrons. The van der Waals surface area contributed by atoms with Crippen LogP contribution in [0.2, 0.25) is 0 Å². The quantitative estimate of drug-likeness (QED) is 0.537. The van der Waals surface area contributed by atoms with Crippen LogP contribution in [0.4, 0.5) is 10.5 Å². The third-order valence-electron chi connectivity index (χ3n) is 5.90. The molecule has 3 aromatic rings. The molecule has 190 valence electrons. The number of aromatic nitrogens is 2. The number of piperazine rings is 1. The molecular weight excluding hydrogens is 486 g/mol. The molecule has 4 rings (SSSR count). The number of aryl methyl sites for hydroxylation is 1. The van der Waals surface area contributed by atoms with Crippen molar-refractivity contribution in [1.29, 1.82) is 0 Å². The number of thiophene rings is 1. The fourth-order valence-electron chi connectivity index (χ4n) is 4.02. The minimum Gasteiger partial charge on any atom is -0.495 e. The Kier molecular flexibility index (Phi) is 7.53. The first-order chi connectivity index (χ1) is 17.3. The molecule has 0 unspecified atom stereocenters. The van der Waals surface area contributed by atoms with Gasteiger partial charge in [0.1, 0.15) is 17.1 Å². The van der Waals surface area contributed by atoms with E-state index >= 15 is 0 Å². The zero-order chi connectivity index (χ0) is 25.8. The molecule has 3 heterocycles. The summed E-state index contributed by atoms with van der Waals surface area (Å²) in [5, 5.41) is 3.06.